The molecule has 0 aliphatic carbocycles. The molecule has 0 saturated heterocycles. The van der Waals surface area contributed by atoms with Gasteiger partial charge in [-0.1, -0.05) is 13.8 Å². The molecule has 2 amide bonds. The summed E-state index contributed by atoms with van der Waals surface area (Å²) in [5, 5.41) is 13.4. The molecule has 0 aliphatic rings. The molecule has 20 heavy (non-hydrogen) atoms. The van der Waals surface area contributed by atoms with Crippen molar-refractivity contribution in [3.05, 3.63) is 23.5 Å². The maximum absolute atomic E-state index is 11.7. The highest BCUT2D eigenvalue weighted by atomic mass is 16.2. The Morgan fingerprint density at radius 3 is 2.25 bits per heavy atom. The second kappa shape index (κ2) is 9.01. The van der Waals surface area contributed by atoms with Crippen molar-refractivity contribution < 1.29 is 9.59 Å². The predicted octanol–water partition coefficient (Wildman–Crippen LogP) is 0.614. The Labute approximate surface area is 119 Å². The molecule has 0 bridgehead atoms. The fourth-order valence-electron chi connectivity index (χ4n) is 1.68. The lowest BCUT2D eigenvalue weighted by atomic mass is 10.1. The van der Waals surface area contributed by atoms with E-state index in [2.05, 4.69) is 20.8 Å². The number of nitrogens with one attached hydrogen (secondary N) is 2. The van der Waals surface area contributed by atoms with E-state index in [9.17, 15) is 9.59 Å². The monoisotopic (exact) mass is 278 g/mol. The van der Waals surface area contributed by atoms with Crippen LogP contribution in [0.3, 0.4) is 0 Å². The van der Waals surface area contributed by atoms with Crippen LogP contribution in [0.4, 0.5) is 0 Å². The average Bonchev–Trinajstić information content (AvgIpc) is 2.45. The van der Waals surface area contributed by atoms with Crippen LogP contribution in [0, 0.1) is 0 Å². The van der Waals surface area contributed by atoms with Crippen LogP contribution in [0.15, 0.2) is 12.3 Å². The van der Waals surface area contributed by atoms with E-state index in [0.717, 1.165) is 18.4 Å². The summed E-state index contributed by atoms with van der Waals surface area (Å²) in [5.41, 5.74) is 1.31. The lowest BCUT2D eigenvalue weighted by Gasteiger charge is -2.08. The zero-order chi connectivity index (χ0) is 14.8. The van der Waals surface area contributed by atoms with Gasteiger partial charge in [-0.25, -0.2) is 0 Å². The van der Waals surface area contributed by atoms with Crippen LogP contribution >= 0.6 is 0 Å². The van der Waals surface area contributed by atoms with Gasteiger partial charge in [0.1, 0.15) is 0 Å². The summed E-state index contributed by atoms with van der Waals surface area (Å²) in [6.07, 6.45) is 3.71. The summed E-state index contributed by atoms with van der Waals surface area (Å²) in [6, 6.07) is 1.74. The van der Waals surface area contributed by atoms with E-state index in [1.807, 2.05) is 13.8 Å². The van der Waals surface area contributed by atoms with E-state index in [1.54, 1.807) is 6.07 Å². The fourth-order valence-corrected chi connectivity index (χ4v) is 1.68. The van der Waals surface area contributed by atoms with E-state index in [-0.39, 0.29) is 24.7 Å². The molecule has 0 aromatic carbocycles. The van der Waals surface area contributed by atoms with Crippen molar-refractivity contribution in [2.75, 3.05) is 13.1 Å². The molecule has 6 nitrogen and oxygen atoms in total. The predicted molar refractivity (Wildman–Crippen MR) is 76.0 cm³/mol. The minimum absolute atomic E-state index is 0.0601. The van der Waals surface area contributed by atoms with Crippen LogP contribution in [0.1, 0.15) is 37.9 Å². The second-order valence-electron chi connectivity index (χ2n) is 4.56. The van der Waals surface area contributed by atoms with E-state index >= 15 is 0 Å². The number of hydrogen-bond acceptors (Lipinski definition) is 4. The number of aromatic nitrogens is 2. The Hall–Kier alpha value is -1.98. The molecule has 110 valence electrons. The Morgan fingerprint density at radius 2 is 1.65 bits per heavy atom. The third-order valence-electron chi connectivity index (χ3n) is 2.71. The Bertz CT molecular complexity index is 408. The summed E-state index contributed by atoms with van der Waals surface area (Å²) in [6.45, 7) is 5.29. The van der Waals surface area contributed by atoms with Gasteiger partial charge in [-0.2, -0.15) is 10.2 Å². The first-order chi connectivity index (χ1) is 9.67. The summed E-state index contributed by atoms with van der Waals surface area (Å²) < 4.78 is 0. The molecule has 0 aliphatic heterocycles. The van der Waals surface area contributed by atoms with Gasteiger partial charge < -0.3 is 10.6 Å². The molecule has 1 aromatic heterocycles. The Morgan fingerprint density at radius 1 is 1.05 bits per heavy atom. The van der Waals surface area contributed by atoms with Crippen molar-refractivity contribution >= 4 is 11.8 Å². The molecule has 1 aromatic rings. The average molecular weight is 278 g/mol. The lowest BCUT2D eigenvalue weighted by molar-refractivity contribution is -0.121. The molecular weight excluding hydrogens is 256 g/mol. The van der Waals surface area contributed by atoms with Crippen LogP contribution in [-0.2, 0) is 22.4 Å². The zero-order valence-corrected chi connectivity index (χ0v) is 12.1. The van der Waals surface area contributed by atoms with Crippen LogP contribution in [0.2, 0.25) is 0 Å². The highest BCUT2D eigenvalue weighted by molar-refractivity contribution is 5.81. The third-order valence-corrected chi connectivity index (χ3v) is 2.71. The van der Waals surface area contributed by atoms with Gasteiger partial charge in [0.2, 0.25) is 11.8 Å². The van der Waals surface area contributed by atoms with Gasteiger partial charge in [0.25, 0.3) is 0 Å². The highest BCUT2D eigenvalue weighted by Crippen LogP contribution is 2.06. The van der Waals surface area contributed by atoms with Crippen molar-refractivity contribution in [1.82, 2.24) is 20.8 Å². The van der Waals surface area contributed by atoms with Crippen LogP contribution in [0.5, 0.6) is 0 Å². The Kier molecular flexibility index (Phi) is 7.24. The minimum atomic E-state index is -0.0948. The largest absolute Gasteiger partial charge is 0.356 e. The first-order valence-corrected chi connectivity index (χ1v) is 7.00. The number of amides is 2. The minimum Gasteiger partial charge on any atom is -0.356 e. The lowest BCUT2D eigenvalue weighted by Crippen LogP contribution is -2.28. The van der Waals surface area contributed by atoms with Gasteiger partial charge in [0.15, 0.2) is 0 Å². The van der Waals surface area contributed by atoms with E-state index < -0.39 is 0 Å². The summed E-state index contributed by atoms with van der Waals surface area (Å²) in [7, 11) is 0. The molecule has 6 heteroatoms. The van der Waals surface area contributed by atoms with Crippen LogP contribution in [0.25, 0.3) is 0 Å². The molecule has 0 unspecified atom stereocenters. The van der Waals surface area contributed by atoms with Crippen LogP contribution in [-0.4, -0.2) is 35.1 Å². The maximum atomic E-state index is 11.7. The molecule has 1 rings (SSSR count). The van der Waals surface area contributed by atoms with Gasteiger partial charge in [-0.3, -0.25) is 9.59 Å². The second-order valence-corrected chi connectivity index (χ2v) is 4.56. The Balaban J connectivity index is 2.63. The summed E-state index contributed by atoms with van der Waals surface area (Å²) in [5.74, 6) is -0.155. The zero-order valence-electron chi connectivity index (χ0n) is 12.1. The van der Waals surface area contributed by atoms with Crippen molar-refractivity contribution in [2.24, 2.45) is 0 Å². The van der Waals surface area contributed by atoms with Gasteiger partial charge in [-0.15, -0.1) is 0 Å². The quantitative estimate of drug-likeness (QED) is 0.730. The molecule has 0 radical (unpaired) electrons. The standard InChI is InChI=1S/C14H22N4O2/c1-3-6-15-13(19)9-11-5-8-17-18-12(11)10-14(20)16-7-4-2/h5,8H,3-4,6-7,9-10H2,1-2H3,(H,15,19)(H,16,20). The summed E-state index contributed by atoms with van der Waals surface area (Å²) >= 11 is 0. The van der Waals surface area contributed by atoms with Crippen molar-refractivity contribution in [2.45, 2.75) is 39.5 Å². The number of rotatable bonds is 8. The smallest absolute Gasteiger partial charge is 0.226 e. The molecule has 0 fully saturated rings. The first kappa shape index (κ1) is 16.1. The maximum Gasteiger partial charge on any atom is 0.226 e. The van der Waals surface area contributed by atoms with Crippen molar-refractivity contribution in [1.29, 1.82) is 0 Å². The molecule has 2 N–H and O–H groups in total. The number of nitrogens with zero attached hydrogens (tertiary/aromatic N) is 2. The van der Waals surface area contributed by atoms with Gasteiger partial charge in [0.05, 0.1) is 18.5 Å². The van der Waals surface area contributed by atoms with Crippen molar-refractivity contribution in [3.63, 3.8) is 0 Å². The number of carbonyl (C=O) groups is 2. The van der Waals surface area contributed by atoms with E-state index in [0.29, 0.717) is 18.8 Å². The topological polar surface area (TPSA) is 84.0 Å². The van der Waals surface area contributed by atoms with Gasteiger partial charge in [-0.05, 0) is 24.5 Å². The SMILES string of the molecule is CCCNC(=O)Cc1ccnnc1CC(=O)NCCC. The molecule has 0 saturated carbocycles. The normalized spacial score (nSPS) is 10.1. The summed E-state index contributed by atoms with van der Waals surface area (Å²) in [4.78, 5) is 23.4. The van der Waals surface area contributed by atoms with E-state index in [1.165, 1.54) is 6.20 Å². The molecular formula is C14H22N4O2. The third kappa shape index (κ3) is 5.77. The highest BCUT2D eigenvalue weighted by Gasteiger charge is 2.12. The molecule has 0 atom stereocenters. The molecule has 1 heterocycles. The van der Waals surface area contributed by atoms with Gasteiger partial charge in [0, 0.05) is 19.3 Å². The van der Waals surface area contributed by atoms with Crippen LogP contribution < -0.4 is 10.6 Å². The molecule has 0 spiro atoms. The first-order valence-electron chi connectivity index (χ1n) is 7.00. The van der Waals surface area contributed by atoms with Gasteiger partial charge >= 0.3 is 0 Å². The van der Waals surface area contributed by atoms with E-state index in [4.69, 9.17) is 0 Å². The number of carbonyl (C=O) groups excluding carboxylic acids is 2. The van der Waals surface area contributed by atoms with Crippen molar-refractivity contribution in [3.8, 4) is 0 Å². The fraction of sp³-hybridized carbons (Fsp3) is 0.571. The number of hydrogen-bond donors (Lipinski definition) is 2.